The van der Waals surface area contributed by atoms with Gasteiger partial charge < -0.3 is 9.84 Å². The maximum Gasteiger partial charge on any atom is 0.303 e. The average Bonchev–Trinajstić information content (AvgIpc) is 2.90. The van der Waals surface area contributed by atoms with Crippen LogP contribution in [0.1, 0.15) is 79.1 Å². The number of alkyl halides is 1. The van der Waals surface area contributed by atoms with Crippen molar-refractivity contribution in [2.45, 2.75) is 96.1 Å². The Morgan fingerprint density at radius 3 is 2.29 bits per heavy atom. The zero-order valence-corrected chi connectivity index (χ0v) is 18.4. The van der Waals surface area contributed by atoms with Crippen molar-refractivity contribution in [3.05, 3.63) is 0 Å². The summed E-state index contributed by atoms with van der Waals surface area (Å²) < 4.78 is 5.83. The van der Waals surface area contributed by atoms with Crippen molar-refractivity contribution >= 4 is 23.4 Å². The van der Waals surface area contributed by atoms with E-state index in [2.05, 4.69) is 13.8 Å². The molecule has 0 bridgehead atoms. The highest BCUT2D eigenvalue weighted by Crippen LogP contribution is 2.69. The molecule has 0 aromatic rings. The Morgan fingerprint density at radius 1 is 0.964 bits per heavy atom. The monoisotopic (exact) mass is 410 g/mol. The van der Waals surface area contributed by atoms with Gasteiger partial charge in [0.25, 0.3) is 0 Å². The van der Waals surface area contributed by atoms with Crippen LogP contribution in [-0.4, -0.2) is 33.9 Å². The molecule has 0 spiro atoms. The molecule has 4 aliphatic carbocycles. The van der Waals surface area contributed by atoms with Gasteiger partial charge in [-0.2, -0.15) is 0 Å². The summed E-state index contributed by atoms with van der Waals surface area (Å²) in [5, 5.41) is 10.3. The molecule has 158 valence electrons. The number of ketones is 1. The topological polar surface area (TPSA) is 63.6 Å². The van der Waals surface area contributed by atoms with Crippen LogP contribution in [0.4, 0.5) is 0 Å². The Kier molecular flexibility index (Phi) is 4.94. The number of rotatable bonds is 2. The third-order valence-corrected chi connectivity index (χ3v) is 10.1. The molecule has 4 saturated carbocycles. The maximum absolute atomic E-state index is 12.8. The summed E-state index contributed by atoms with van der Waals surface area (Å²) in [4.78, 5) is 24.7. The molecule has 4 aliphatic rings. The number of ether oxygens (including phenoxy) is 1. The van der Waals surface area contributed by atoms with Crippen LogP contribution in [0.25, 0.3) is 0 Å². The molecule has 0 aromatic heterocycles. The third kappa shape index (κ3) is 2.66. The number of aliphatic hydroxyl groups is 1. The highest BCUT2D eigenvalue weighted by molar-refractivity contribution is 6.20. The van der Waals surface area contributed by atoms with Crippen LogP contribution >= 0.6 is 11.6 Å². The summed E-state index contributed by atoms with van der Waals surface area (Å²) in [6.45, 7) is 7.60. The molecular formula is C23H35ClO4. The average molecular weight is 411 g/mol. The van der Waals surface area contributed by atoms with Crippen molar-refractivity contribution in [3.63, 3.8) is 0 Å². The lowest BCUT2D eigenvalue weighted by Crippen LogP contribution is -2.61. The molecule has 0 heterocycles. The van der Waals surface area contributed by atoms with E-state index in [9.17, 15) is 14.7 Å². The molecule has 1 N–H and O–H groups in total. The van der Waals surface area contributed by atoms with Crippen molar-refractivity contribution in [2.75, 3.05) is 0 Å². The van der Waals surface area contributed by atoms with E-state index in [-0.39, 0.29) is 34.1 Å². The van der Waals surface area contributed by atoms with Crippen LogP contribution in [0.5, 0.6) is 0 Å². The minimum absolute atomic E-state index is 0.00531. The maximum atomic E-state index is 12.8. The minimum atomic E-state index is -0.975. The van der Waals surface area contributed by atoms with E-state index < -0.39 is 5.60 Å². The van der Waals surface area contributed by atoms with Crippen LogP contribution in [0.2, 0.25) is 0 Å². The van der Waals surface area contributed by atoms with E-state index in [0.717, 1.165) is 44.9 Å². The number of aliphatic hydroxyl groups excluding tert-OH is 1. The van der Waals surface area contributed by atoms with Gasteiger partial charge in [0.1, 0.15) is 0 Å². The number of halogens is 1. The van der Waals surface area contributed by atoms with Crippen LogP contribution in [-0.2, 0) is 14.3 Å². The molecule has 5 heteroatoms. The lowest BCUT2D eigenvalue weighted by Gasteiger charge is -2.62. The van der Waals surface area contributed by atoms with Gasteiger partial charge in [0.15, 0.2) is 11.4 Å². The number of hydrogen-bond acceptors (Lipinski definition) is 4. The predicted molar refractivity (Wildman–Crippen MR) is 108 cm³/mol. The van der Waals surface area contributed by atoms with Gasteiger partial charge in [-0.15, -0.1) is 11.6 Å². The molecule has 4 fully saturated rings. The lowest BCUT2D eigenvalue weighted by atomic mass is 9.44. The quantitative estimate of drug-likeness (QED) is 0.537. The van der Waals surface area contributed by atoms with Crippen LogP contribution in [0.15, 0.2) is 0 Å². The van der Waals surface area contributed by atoms with Crippen LogP contribution in [0, 0.1) is 34.5 Å². The Labute approximate surface area is 173 Å². The molecular weight excluding hydrogens is 376 g/mol. The van der Waals surface area contributed by atoms with E-state index in [1.165, 1.54) is 6.92 Å². The molecule has 28 heavy (non-hydrogen) atoms. The van der Waals surface area contributed by atoms with Crippen LogP contribution in [0.3, 0.4) is 0 Å². The summed E-state index contributed by atoms with van der Waals surface area (Å²) in [6, 6.07) is 0. The van der Waals surface area contributed by atoms with Crippen molar-refractivity contribution in [2.24, 2.45) is 34.5 Å². The standard InChI is InChI=1S/C23H35ClO4/c1-13(25)23(28-14(2)26)10-7-18-16-12-20(24)19-11-15(27)5-8-21(19,3)17(16)6-9-22(18,23)4/h15-20,27H,5-12H2,1-4H3/t15?,16-,17+,18+,19?,20?,21-,22+,23+/m1/s1. The highest BCUT2D eigenvalue weighted by Gasteiger charge is 2.68. The SMILES string of the molecule is CC(=O)O[C@]1(C(C)=O)CC[C@H]2[C@@H]3CC(Cl)C4CC(O)CC[C@]4(C)[C@H]3CC[C@@]21C. The number of Topliss-reactive ketones (excluding diaryl/α,β-unsaturated/α-hetero) is 1. The molecule has 0 aliphatic heterocycles. The molecule has 9 atom stereocenters. The molecule has 0 saturated heterocycles. The van der Waals surface area contributed by atoms with Crippen molar-refractivity contribution in [1.82, 2.24) is 0 Å². The van der Waals surface area contributed by atoms with Gasteiger partial charge in [-0.05, 0) is 87.4 Å². The number of fused-ring (bicyclic) bond motifs is 5. The van der Waals surface area contributed by atoms with Crippen molar-refractivity contribution in [1.29, 1.82) is 0 Å². The fourth-order valence-electron chi connectivity index (χ4n) is 8.29. The normalized spacial score (nSPS) is 52.9. The van der Waals surface area contributed by atoms with Crippen molar-refractivity contribution < 1.29 is 19.4 Å². The second-order valence-corrected chi connectivity index (χ2v) is 11.2. The predicted octanol–water partition coefficient (Wildman–Crippen LogP) is 4.50. The van der Waals surface area contributed by atoms with Gasteiger partial charge in [0, 0.05) is 17.7 Å². The molecule has 4 rings (SSSR count). The van der Waals surface area contributed by atoms with Crippen molar-refractivity contribution in [3.8, 4) is 0 Å². The Hall–Kier alpha value is -0.610. The van der Waals surface area contributed by atoms with Gasteiger partial charge in [-0.3, -0.25) is 9.59 Å². The fraction of sp³-hybridized carbons (Fsp3) is 0.913. The Bertz CT molecular complexity index is 680. The van der Waals surface area contributed by atoms with Gasteiger partial charge >= 0.3 is 5.97 Å². The first-order valence-corrected chi connectivity index (χ1v) is 11.5. The fourth-order valence-corrected chi connectivity index (χ4v) is 8.88. The summed E-state index contributed by atoms with van der Waals surface area (Å²) in [7, 11) is 0. The first-order valence-electron chi connectivity index (χ1n) is 11.1. The first-order chi connectivity index (χ1) is 13.0. The summed E-state index contributed by atoms with van der Waals surface area (Å²) >= 11 is 6.96. The van der Waals surface area contributed by atoms with E-state index in [1.54, 1.807) is 6.92 Å². The molecule has 4 nitrogen and oxygen atoms in total. The largest absolute Gasteiger partial charge is 0.451 e. The smallest absolute Gasteiger partial charge is 0.303 e. The van der Waals surface area contributed by atoms with Gasteiger partial charge in [0.05, 0.1) is 6.10 Å². The highest BCUT2D eigenvalue weighted by atomic mass is 35.5. The third-order valence-electron chi connectivity index (χ3n) is 9.61. The molecule has 0 aromatic carbocycles. The minimum Gasteiger partial charge on any atom is -0.451 e. The number of carbonyl (C=O) groups excluding carboxylic acids is 2. The zero-order valence-electron chi connectivity index (χ0n) is 17.7. The second kappa shape index (κ2) is 6.70. The molecule has 0 amide bonds. The summed E-state index contributed by atoms with van der Waals surface area (Å²) in [6.07, 6.45) is 7.00. The first kappa shape index (κ1) is 20.7. The molecule has 0 radical (unpaired) electrons. The zero-order chi connectivity index (χ0) is 20.5. The summed E-state index contributed by atoms with van der Waals surface area (Å²) in [5.41, 5.74) is -1.12. The van der Waals surface area contributed by atoms with E-state index in [0.29, 0.717) is 30.1 Å². The number of esters is 1. The lowest BCUT2D eigenvalue weighted by molar-refractivity contribution is -0.192. The number of carbonyl (C=O) groups is 2. The van der Waals surface area contributed by atoms with Gasteiger partial charge in [-0.25, -0.2) is 0 Å². The molecule has 3 unspecified atom stereocenters. The van der Waals surface area contributed by atoms with E-state index >= 15 is 0 Å². The number of hydrogen-bond donors (Lipinski definition) is 1. The Balaban J connectivity index is 1.69. The summed E-state index contributed by atoms with van der Waals surface area (Å²) in [5.74, 6) is 1.42. The van der Waals surface area contributed by atoms with Gasteiger partial charge in [-0.1, -0.05) is 13.8 Å². The van der Waals surface area contributed by atoms with E-state index in [1.807, 2.05) is 0 Å². The van der Waals surface area contributed by atoms with Gasteiger partial charge in [0.2, 0.25) is 0 Å². The Morgan fingerprint density at radius 2 is 1.64 bits per heavy atom. The van der Waals surface area contributed by atoms with Crippen LogP contribution < -0.4 is 0 Å². The second-order valence-electron chi connectivity index (χ2n) is 10.6. The van der Waals surface area contributed by atoms with E-state index in [4.69, 9.17) is 16.3 Å².